The number of hydrogen-bond acceptors (Lipinski definition) is 5. The number of epoxide rings is 1. The van der Waals surface area contributed by atoms with Crippen LogP contribution in [0.5, 0.6) is 0 Å². The summed E-state index contributed by atoms with van der Waals surface area (Å²) >= 11 is 0. The molecule has 140 valence electrons. The van der Waals surface area contributed by atoms with Crippen molar-refractivity contribution in [2.75, 3.05) is 6.61 Å². The fourth-order valence-corrected chi connectivity index (χ4v) is 7.35. The van der Waals surface area contributed by atoms with Crippen molar-refractivity contribution in [2.45, 2.75) is 57.3 Å². The van der Waals surface area contributed by atoms with Crippen molar-refractivity contribution in [1.29, 1.82) is 0 Å². The number of aliphatic hydroxyl groups is 2. The minimum Gasteiger partial charge on any atom is -0.393 e. The molecule has 1 aliphatic heterocycles. The number of fused-ring (bicyclic) bond motifs is 7. The second kappa shape index (κ2) is 4.94. The Kier molecular flexibility index (Phi) is 3.20. The van der Waals surface area contributed by atoms with Gasteiger partial charge < -0.3 is 14.9 Å². The van der Waals surface area contributed by atoms with Crippen LogP contribution in [0, 0.1) is 28.6 Å². The van der Waals surface area contributed by atoms with Crippen LogP contribution in [-0.4, -0.2) is 46.2 Å². The molecule has 4 fully saturated rings. The molecule has 5 heteroatoms. The number of ketones is 2. The van der Waals surface area contributed by atoms with Crippen molar-refractivity contribution in [1.82, 2.24) is 0 Å². The zero-order chi connectivity index (χ0) is 18.5. The van der Waals surface area contributed by atoms with E-state index in [-0.39, 0.29) is 29.0 Å². The number of allylic oxidation sites excluding steroid dienone is 4. The Morgan fingerprint density at radius 3 is 2.88 bits per heavy atom. The average molecular weight is 358 g/mol. The second-order valence-corrected chi connectivity index (χ2v) is 9.37. The predicted molar refractivity (Wildman–Crippen MR) is 93.1 cm³/mol. The van der Waals surface area contributed by atoms with E-state index in [0.717, 1.165) is 24.8 Å². The highest BCUT2D eigenvalue weighted by Crippen LogP contribution is 2.73. The van der Waals surface area contributed by atoms with Crippen molar-refractivity contribution in [3.63, 3.8) is 0 Å². The molecule has 3 saturated carbocycles. The van der Waals surface area contributed by atoms with Crippen LogP contribution >= 0.6 is 0 Å². The van der Waals surface area contributed by atoms with Crippen LogP contribution in [0.25, 0.3) is 0 Å². The summed E-state index contributed by atoms with van der Waals surface area (Å²) in [6.07, 6.45) is 7.84. The predicted octanol–water partition coefficient (Wildman–Crippen LogP) is 1.57. The molecular formula is C21H26O5. The van der Waals surface area contributed by atoms with E-state index in [9.17, 15) is 19.8 Å². The van der Waals surface area contributed by atoms with Gasteiger partial charge in [-0.3, -0.25) is 9.59 Å². The van der Waals surface area contributed by atoms with Crippen LogP contribution < -0.4 is 0 Å². The number of hydrogen-bond donors (Lipinski definition) is 2. The lowest BCUT2D eigenvalue weighted by atomic mass is 9.46. The van der Waals surface area contributed by atoms with Gasteiger partial charge in [0, 0.05) is 16.7 Å². The zero-order valence-electron chi connectivity index (χ0n) is 15.3. The van der Waals surface area contributed by atoms with Crippen LogP contribution in [0.2, 0.25) is 0 Å². The maximum atomic E-state index is 12.5. The lowest BCUT2D eigenvalue weighted by molar-refractivity contribution is -0.155. The molecule has 8 atom stereocenters. The highest BCUT2D eigenvalue weighted by Gasteiger charge is 2.80. The fourth-order valence-electron chi connectivity index (χ4n) is 7.35. The molecule has 0 bridgehead atoms. The minimum absolute atomic E-state index is 0.0362. The van der Waals surface area contributed by atoms with Gasteiger partial charge in [-0.2, -0.15) is 0 Å². The Balaban J connectivity index is 1.55. The molecule has 26 heavy (non-hydrogen) atoms. The van der Waals surface area contributed by atoms with E-state index in [1.54, 1.807) is 12.2 Å². The van der Waals surface area contributed by atoms with E-state index in [2.05, 4.69) is 13.8 Å². The maximum absolute atomic E-state index is 12.5. The number of carbonyl (C=O) groups excluding carboxylic acids is 2. The molecule has 0 spiro atoms. The van der Waals surface area contributed by atoms with Crippen molar-refractivity contribution < 1.29 is 24.5 Å². The molecule has 0 aromatic rings. The van der Waals surface area contributed by atoms with E-state index in [1.807, 2.05) is 6.08 Å². The Hall–Kier alpha value is -1.30. The molecular weight excluding hydrogens is 332 g/mol. The number of carbonyl (C=O) groups is 2. The van der Waals surface area contributed by atoms with Gasteiger partial charge in [-0.05, 0) is 49.7 Å². The van der Waals surface area contributed by atoms with Gasteiger partial charge in [-0.15, -0.1) is 0 Å². The number of Topliss-reactive ketones (excluding diaryl/α,β-unsaturated/α-hetero) is 1. The first kappa shape index (κ1) is 16.8. The van der Waals surface area contributed by atoms with E-state index in [1.165, 1.54) is 0 Å². The molecule has 2 N–H and O–H groups in total. The third kappa shape index (κ3) is 1.73. The van der Waals surface area contributed by atoms with Crippen LogP contribution in [0.1, 0.15) is 39.5 Å². The summed E-state index contributed by atoms with van der Waals surface area (Å²) in [6, 6.07) is 0. The highest BCUT2D eigenvalue weighted by atomic mass is 16.6. The van der Waals surface area contributed by atoms with E-state index < -0.39 is 23.7 Å². The van der Waals surface area contributed by atoms with Crippen molar-refractivity contribution in [3.8, 4) is 0 Å². The van der Waals surface area contributed by atoms with Crippen LogP contribution in [0.3, 0.4) is 0 Å². The van der Waals surface area contributed by atoms with E-state index in [4.69, 9.17) is 4.74 Å². The van der Waals surface area contributed by atoms with Crippen molar-refractivity contribution in [3.05, 3.63) is 23.8 Å². The first-order valence-corrected chi connectivity index (χ1v) is 9.72. The van der Waals surface area contributed by atoms with Gasteiger partial charge in [-0.1, -0.05) is 25.5 Å². The highest BCUT2D eigenvalue weighted by molar-refractivity contribution is 6.01. The molecule has 0 amide bonds. The molecule has 0 aromatic carbocycles. The Morgan fingerprint density at radius 1 is 1.38 bits per heavy atom. The van der Waals surface area contributed by atoms with Gasteiger partial charge in [0.1, 0.15) is 6.61 Å². The summed E-state index contributed by atoms with van der Waals surface area (Å²) in [5, 5.41) is 20.7. The van der Waals surface area contributed by atoms with Crippen LogP contribution in [0.4, 0.5) is 0 Å². The minimum atomic E-state index is -0.895. The summed E-state index contributed by atoms with van der Waals surface area (Å²) in [4.78, 5) is 24.3. The average Bonchev–Trinajstić information content (AvgIpc) is 3.28. The summed E-state index contributed by atoms with van der Waals surface area (Å²) < 4.78 is 5.85. The fraction of sp³-hybridized carbons (Fsp3) is 0.714. The Bertz CT molecular complexity index is 768. The molecule has 1 heterocycles. The zero-order valence-corrected chi connectivity index (χ0v) is 15.3. The standard InChI is InChI=1S/C21H26O5/c1-19-6-5-12(23)7-11(19)3-4-13-14-8-17-21(26-17,16(25)10-22)20(14,2)9-15(24)18(13)19/h5-7,13-15,17-18,22,24H,3-4,8-10H2,1-2H3/t13-,14-,15-,17+,18+,19-,20-,21+/m0/s1. The van der Waals surface area contributed by atoms with Crippen molar-refractivity contribution >= 4 is 11.6 Å². The third-order valence-electron chi connectivity index (χ3n) is 8.48. The Labute approximate surface area is 153 Å². The molecule has 0 unspecified atom stereocenters. The molecule has 5 rings (SSSR count). The summed E-state index contributed by atoms with van der Waals surface area (Å²) in [7, 11) is 0. The summed E-state index contributed by atoms with van der Waals surface area (Å²) in [6.45, 7) is 3.72. The van der Waals surface area contributed by atoms with Gasteiger partial charge in [0.15, 0.2) is 17.2 Å². The summed E-state index contributed by atoms with van der Waals surface area (Å²) in [5.74, 6) is 0.458. The number of aliphatic hydroxyl groups excluding tert-OH is 2. The van der Waals surface area contributed by atoms with Gasteiger partial charge in [0.05, 0.1) is 12.2 Å². The topological polar surface area (TPSA) is 87.1 Å². The monoisotopic (exact) mass is 358 g/mol. The van der Waals surface area contributed by atoms with Gasteiger partial charge in [0.2, 0.25) is 0 Å². The molecule has 5 aliphatic rings. The number of rotatable bonds is 2. The molecule has 1 saturated heterocycles. The number of ether oxygens (including phenoxy) is 1. The first-order chi connectivity index (χ1) is 12.3. The normalized spacial score (nSPS) is 53.9. The van der Waals surface area contributed by atoms with Crippen LogP contribution in [0.15, 0.2) is 23.8 Å². The van der Waals surface area contributed by atoms with E-state index in [0.29, 0.717) is 18.3 Å². The maximum Gasteiger partial charge on any atom is 0.193 e. The van der Waals surface area contributed by atoms with Gasteiger partial charge >= 0.3 is 0 Å². The smallest absolute Gasteiger partial charge is 0.193 e. The molecule has 5 nitrogen and oxygen atoms in total. The quantitative estimate of drug-likeness (QED) is 0.732. The van der Waals surface area contributed by atoms with Crippen molar-refractivity contribution in [2.24, 2.45) is 28.6 Å². The SMILES string of the molecule is C[C@]12C=CC(=O)C=C1CC[C@@H]1[C@@H]2[C@@H](O)C[C@@]2(C)[C@H]1C[C@H]1O[C@]12C(=O)CO. The summed E-state index contributed by atoms with van der Waals surface area (Å²) in [5.41, 5.74) is -0.480. The van der Waals surface area contributed by atoms with E-state index >= 15 is 0 Å². The van der Waals surface area contributed by atoms with Gasteiger partial charge in [0.25, 0.3) is 0 Å². The third-order valence-corrected chi connectivity index (χ3v) is 8.48. The molecule has 0 radical (unpaired) electrons. The largest absolute Gasteiger partial charge is 0.393 e. The lowest BCUT2D eigenvalue weighted by Gasteiger charge is -2.59. The molecule has 0 aromatic heterocycles. The first-order valence-electron chi connectivity index (χ1n) is 9.72. The van der Waals surface area contributed by atoms with Gasteiger partial charge in [-0.25, -0.2) is 0 Å². The molecule has 4 aliphatic carbocycles. The Morgan fingerprint density at radius 2 is 2.15 bits per heavy atom. The van der Waals surface area contributed by atoms with Crippen LogP contribution in [-0.2, 0) is 14.3 Å². The second-order valence-electron chi connectivity index (χ2n) is 9.37. The lowest BCUT2D eigenvalue weighted by Crippen LogP contribution is -2.59.